The van der Waals surface area contributed by atoms with Gasteiger partial charge in [-0.25, -0.2) is 0 Å². The van der Waals surface area contributed by atoms with Gasteiger partial charge in [0.15, 0.2) is 0 Å². The third-order valence-corrected chi connectivity index (χ3v) is 3.71. The number of hydrogen-bond donors (Lipinski definition) is 1. The molecule has 0 aromatic heterocycles. The Hall–Kier alpha value is -1.41. The van der Waals surface area contributed by atoms with Crippen molar-refractivity contribution in [1.82, 2.24) is 10.2 Å². The standard InChI is InChI=1S/C15H19F5N2O/c16-14(17)23-13-4-2-1-3-12(13)8-21-7-11-5-6-22(9-11)10-15(18,19)20/h1-4,11,14,21H,5-10H2. The number of rotatable bonds is 7. The van der Waals surface area contributed by atoms with Gasteiger partial charge in [0.1, 0.15) is 5.75 Å². The molecule has 1 unspecified atom stereocenters. The van der Waals surface area contributed by atoms with E-state index >= 15 is 0 Å². The first-order valence-electron chi connectivity index (χ1n) is 7.36. The lowest BCUT2D eigenvalue weighted by molar-refractivity contribution is -0.143. The molecule has 0 amide bonds. The zero-order valence-corrected chi connectivity index (χ0v) is 12.5. The summed E-state index contributed by atoms with van der Waals surface area (Å²) >= 11 is 0. The summed E-state index contributed by atoms with van der Waals surface area (Å²) in [6, 6.07) is 6.46. The molecule has 1 aromatic carbocycles. The van der Waals surface area contributed by atoms with Gasteiger partial charge >= 0.3 is 12.8 Å². The molecule has 3 nitrogen and oxygen atoms in total. The third kappa shape index (κ3) is 6.31. The van der Waals surface area contributed by atoms with Gasteiger partial charge in [0.05, 0.1) is 6.54 Å². The fourth-order valence-corrected chi connectivity index (χ4v) is 2.75. The summed E-state index contributed by atoms with van der Waals surface area (Å²) in [5.41, 5.74) is 0.595. The molecule has 1 heterocycles. The van der Waals surface area contributed by atoms with Crippen LogP contribution in [0.2, 0.25) is 0 Å². The van der Waals surface area contributed by atoms with E-state index in [0.29, 0.717) is 38.2 Å². The lowest BCUT2D eigenvalue weighted by Gasteiger charge is -2.18. The van der Waals surface area contributed by atoms with Gasteiger partial charge in [0.2, 0.25) is 0 Å². The van der Waals surface area contributed by atoms with Gasteiger partial charge < -0.3 is 10.1 Å². The summed E-state index contributed by atoms with van der Waals surface area (Å²) in [5, 5.41) is 3.11. The summed E-state index contributed by atoms with van der Waals surface area (Å²) in [6.45, 7) is -2.08. The molecule has 0 spiro atoms. The first kappa shape index (κ1) is 17.9. The van der Waals surface area contributed by atoms with Crippen molar-refractivity contribution in [2.45, 2.75) is 25.8 Å². The first-order valence-corrected chi connectivity index (χ1v) is 7.36. The minimum absolute atomic E-state index is 0.111. The van der Waals surface area contributed by atoms with Crippen LogP contribution in [0.25, 0.3) is 0 Å². The highest BCUT2D eigenvalue weighted by atomic mass is 19.4. The summed E-state index contributed by atoms with van der Waals surface area (Å²) in [5.74, 6) is 0.237. The largest absolute Gasteiger partial charge is 0.434 e. The fourth-order valence-electron chi connectivity index (χ4n) is 2.75. The van der Waals surface area contributed by atoms with Gasteiger partial charge in [0.25, 0.3) is 0 Å². The summed E-state index contributed by atoms with van der Waals surface area (Å²) in [6.07, 6.45) is -3.48. The van der Waals surface area contributed by atoms with Crippen LogP contribution >= 0.6 is 0 Å². The molecular formula is C15H19F5N2O. The average molecular weight is 338 g/mol. The zero-order chi connectivity index (χ0) is 16.9. The highest BCUT2D eigenvalue weighted by molar-refractivity contribution is 5.33. The van der Waals surface area contributed by atoms with Gasteiger partial charge in [-0.1, -0.05) is 18.2 Å². The number of benzene rings is 1. The van der Waals surface area contributed by atoms with Gasteiger partial charge in [-0.3, -0.25) is 4.90 Å². The molecule has 1 aliphatic rings. The SMILES string of the molecule is FC(F)Oc1ccccc1CNCC1CCN(CC(F)(F)F)C1. The third-order valence-electron chi connectivity index (χ3n) is 3.71. The number of nitrogens with one attached hydrogen (secondary N) is 1. The zero-order valence-electron chi connectivity index (χ0n) is 12.5. The highest BCUT2D eigenvalue weighted by Gasteiger charge is 2.34. The second-order valence-electron chi connectivity index (χ2n) is 5.62. The Morgan fingerprint density at radius 2 is 2.00 bits per heavy atom. The minimum Gasteiger partial charge on any atom is -0.434 e. The molecule has 1 fully saturated rings. The van der Waals surface area contributed by atoms with Crippen LogP contribution in [-0.4, -0.2) is 43.9 Å². The van der Waals surface area contributed by atoms with Crippen molar-refractivity contribution in [2.75, 3.05) is 26.2 Å². The van der Waals surface area contributed by atoms with E-state index in [1.165, 1.54) is 11.0 Å². The fraction of sp³-hybridized carbons (Fsp3) is 0.600. The Balaban J connectivity index is 1.76. The number of halogens is 5. The molecule has 0 aliphatic carbocycles. The molecule has 1 N–H and O–H groups in total. The van der Waals surface area contributed by atoms with Crippen LogP contribution in [0.15, 0.2) is 24.3 Å². The maximum absolute atomic E-state index is 12.3. The van der Waals surface area contributed by atoms with Crippen molar-refractivity contribution in [3.05, 3.63) is 29.8 Å². The van der Waals surface area contributed by atoms with Gasteiger partial charge in [-0.2, -0.15) is 22.0 Å². The van der Waals surface area contributed by atoms with Crippen molar-refractivity contribution in [3.8, 4) is 5.75 Å². The molecule has 2 rings (SSSR count). The van der Waals surface area contributed by atoms with E-state index in [4.69, 9.17) is 0 Å². The number of ether oxygens (including phenoxy) is 1. The van der Waals surface area contributed by atoms with Gasteiger partial charge in [-0.15, -0.1) is 0 Å². The van der Waals surface area contributed by atoms with Crippen molar-refractivity contribution in [3.63, 3.8) is 0 Å². The van der Waals surface area contributed by atoms with E-state index in [1.54, 1.807) is 18.2 Å². The topological polar surface area (TPSA) is 24.5 Å². The van der Waals surface area contributed by atoms with E-state index in [0.717, 1.165) is 0 Å². The monoisotopic (exact) mass is 338 g/mol. The number of likely N-dealkylation sites (tertiary alicyclic amines) is 1. The molecule has 1 aliphatic heterocycles. The van der Waals surface area contributed by atoms with Gasteiger partial charge in [-0.05, 0) is 31.5 Å². The molecule has 0 bridgehead atoms. The van der Waals surface area contributed by atoms with E-state index in [2.05, 4.69) is 10.1 Å². The Morgan fingerprint density at radius 3 is 2.70 bits per heavy atom. The van der Waals surface area contributed by atoms with Crippen molar-refractivity contribution >= 4 is 0 Å². The Bertz CT molecular complexity index is 495. The second kappa shape index (κ2) is 7.92. The quantitative estimate of drug-likeness (QED) is 0.773. The van der Waals surface area contributed by atoms with E-state index in [9.17, 15) is 22.0 Å². The van der Waals surface area contributed by atoms with Crippen molar-refractivity contribution in [1.29, 1.82) is 0 Å². The Morgan fingerprint density at radius 1 is 1.26 bits per heavy atom. The molecule has 1 saturated heterocycles. The normalized spacial score (nSPS) is 19.5. The molecule has 8 heteroatoms. The Labute approximate surface area is 131 Å². The highest BCUT2D eigenvalue weighted by Crippen LogP contribution is 2.23. The molecule has 1 aromatic rings. The molecule has 0 radical (unpaired) electrons. The maximum Gasteiger partial charge on any atom is 0.401 e. The lowest BCUT2D eigenvalue weighted by atomic mass is 10.1. The maximum atomic E-state index is 12.3. The number of nitrogens with zero attached hydrogens (tertiary/aromatic N) is 1. The van der Waals surface area contributed by atoms with Gasteiger partial charge in [0, 0.05) is 18.7 Å². The van der Waals surface area contributed by atoms with E-state index < -0.39 is 19.3 Å². The summed E-state index contributed by atoms with van der Waals surface area (Å²) < 4.78 is 66.0. The van der Waals surface area contributed by atoms with Crippen LogP contribution in [0.4, 0.5) is 22.0 Å². The molecule has 130 valence electrons. The molecule has 0 saturated carbocycles. The molecule has 1 atom stereocenters. The van der Waals surface area contributed by atoms with Crippen LogP contribution in [-0.2, 0) is 6.54 Å². The van der Waals surface area contributed by atoms with Crippen LogP contribution in [0.3, 0.4) is 0 Å². The number of alkyl halides is 5. The first-order chi connectivity index (χ1) is 10.8. The number of para-hydroxylation sites is 1. The smallest absolute Gasteiger partial charge is 0.401 e. The summed E-state index contributed by atoms with van der Waals surface area (Å²) in [7, 11) is 0. The van der Waals surface area contributed by atoms with Crippen LogP contribution in [0.1, 0.15) is 12.0 Å². The van der Waals surface area contributed by atoms with E-state index in [-0.39, 0.29) is 11.7 Å². The van der Waals surface area contributed by atoms with Crippen molar-refractivity contribution in [2.24, 2.45) is 5.92 Å². The van der Waals surface area contributed by atoms with Crippen LogP contribution in [0, 0.1) is 5.92 Å². The predicted molar refractivity (Wildman–Crippen MR) is 75.4 cm³/mol. The Kier molecular flexibility index (Phi) is 6.17. The average Bonchev–Trinajstić information content (AvgIpc) is 2.85. The van der Waals surface area contributed by atoms with Crippen LogP contribution in [0.5, 0.6) is 5.75 Å². The molecule has 23 heavy (non-hydrogen) atoms. The minimum atomic E-state index is -4.17. The van der Waals surface area contributed by atoms with Crippen LogP contribution < -0.4 is 10.1 Å². The lowest BCUT2D eigenvalue weighted by Crippen LogP contribution is -2.33. The van der Waals surface area contributed by atoms with Crippen molar-refractivity contribution < 1.29 is 26.7 Å². The number of hydrogen-bond acceptors (Lipinski definition) is 3. The van der Waals surface area contributed by atoms with E-state index in [1.807, 2.05) is 0 Å². The predicted octanol–water partition coefficient (Wildman–Crippen LogP) is 3.26. The molecular weight excluding hydrogens is 319 g/mol. The second-order valence-corrected chi connectivity index (χ2v) is 5.62. The summed E-state index contributed by atoms with van der Waals surface area (Å²) in [4.78, 5) is 1.39.